The molecule has 0 aromatic heterocycles. The number of benzene rings is 1. The van der Waals surface area contributed by atoms with Crippen molar-refractivity contribution in [1.82, 2.24) is 15.1 Å². The minimum absolute atomic E-state index is 0.143. The van der Waals surface area contributed by atoms with Crippen LogP contribution in [0.25, 0.3) is 0 Å². The number of carbonyl (C=O) groups excluding carboxylic acids is 2. The summed E-state index contributed by atoms with van der Waals surface area (Å²) in [6.07, 6.45) is 3.96. The first-order valence-electron chi connectivity index (χ1n) is 11.1. The third-order valence-corrected chi connectivity index (χ3v) is 6.31. The molecule has 2 saturated heterocycles. The average Bonchev–Trinajstić information content (AvgIpc) is 2.82. The maximum Gasteiger partial charge on any atom is 0.251 e. The summed E-state index contributed by atoms with van der Waals surface area (Å²) in [7, 11) is 3.14. The van der Waals surface area contributed by atoms with E-state index in [1.165, 1.54) is 0 Å². The largest absolute Gasteiger partial charge is 0.497 e. The lowest BCUT2D eigenvalue weighted by atomic mass is 9.98. The van der Waals surface area contributed by atoms with Gasteiger partial charge in [0.1, 0.15) is 11.5 Å². The van der Waals surface area contributed by atoms with Crippen molar-refractivity contribution >= 4 is 11.8 Å². The van der Waals surface area contributed by atoms with E-state index < -0.39 is 0 Å². The zero-order chi connectivity index (χ0) is 22.2. The third kappa shape index (κ3) is 6.33. The molecule has 31 heavy (non-hydrogen) atoms. The van der Waals surface area contributed by atoms with E-state index in [0.29, 0.717) is 35.7 Å². The van der Waals surface area contributed by atoms with Gasteiger partial charge in [0.25, 0.3) is 5.91 Å². The Hall–Kier alpha value is -2.32. The first kappa shape index (κ1) is 23.3. The van der Waals surface area contributed by atoms with Gasteiger partial charge >= 0.3 is 0 Å². The summed E-state index contributed by atoms with van der Waals surface area (Å²) in [5.41, 5.74) is 0.517. The van der Waals surface area contributed by atoms with Gasteiger partial charge in [-0.1, -0.05) is 0 Å². The van der Waals surface area contributed by atoms with Gasteiger partial charge < -0.3 is 24.4 Å². The van der Waals surface area contributed by atoms with Crippen molar-refractivity contribution in [2.45, 2.75) is 44.7 Å². The highest BCUT2D eigenvalue weighted by Crippen LogP contribution is 2.24. The summed E-state index contributed by atoms with van der Waals surface area (Å²) < 4.78 is 16.1. The molecule has 8 heteroatoms. The van der Waals surface area contributed by atoms with E-state index >= 15 is 0 Å². The minimum Gasteiger partial charge on any atom is -0.497 e. The van der Waals surface area contributed by atoms with Gasteiger partial charge in [0.05, 0.1) is 14.2 Å². The van der Waals surface area contributed by atoms with Crippen LogP contribution in [0.2, 0.25) is 0 Å². The molecule has 0 bridgehead atoms. The fourth-order valence-electron chi connectivity index (χ4n) is 4.53. The van der Waals surface area contributed by atoms with E-state index in [2.05, 4.69) is 10.2 Å². The highest BCUT2D eigenvalue weighted by atomic mass is 16.5. The molecule has 8 nitrogen and oxygen atoms in total. The van der Waals surface area contributed by atoms with Crippen LogP contribution in [-0.4, -0.2) is 87.3 Å². The molecular formula is C23H35N3O5. The third-order valence-electron chi connectivity index (χ3n) is 6.31. The van der Waals surface area contributed by atoms with Crippen LogP contribution < -0.4 is 14.8 Å². The Bertz CT molecular complexity index is 720. The van der Waals surface area contributed by atoms with Gasteiger partial charge in [-0.25, -0.2) is 0 Å². The molecule has 1 aromatic rings. The van der Waals surface area contributed by atoms with Gasteiger partial charge in [0, 0.05) is 70.0 Å². The van der Waals surface area contributed by atoms with Crippen LogP contribution in [0.1, 0.15) is 43.0 Å². The Morgan fingerprint density at radius 3 is 2.16 bits per heavy atom. The predicted molar refractivity (Wildman–Crippen MR) is 118 cm³/mol. The minimum atomic E-state index is -0.143. The average molecular weight is 434 g/mol. The lowest BCUT2D eigenvalue weighted by Crippen LogP contribution is -2.53. The maximum absolute atomic E-state index is 12.7. The van der Waals surface area contributed by atoms with Crippen molar-refractivity contribution < 1.29 is 23.8 Å². The molecule has 2 heterocycles. The standard InChI is InChI=1S/C23H35N3O5/c1-17(27)25-9-4-19(5-10-25)26(20-6-12-31-13-7-20)11-8-24-23(28)18-14-21(29-2)16-22(15-18)30-3/h14-16,19-20H,4-13H2,1-3H3,(H,24,28). The number of piperidine rings is 1. The Balaban J connectivity index is 1.60. The monoisotopic (exact) mass is 433 g/mol. The SMILES string of the molecule is COc1cc(OC)cc(C(=O)NCCN(C2CCOCC2)C2CCN(C(C)=O)CC2)c1. The second kappa shape index (κ2) is 11.3. The normalized spacial score (nSPS) is 18.1. The zero-order valence-corrected chi connectivity index (χ0v) is 18.9. The molecular weight excluding hydrogens is 398 g/mol. The van der Waals surface area contributed by atoms with E-state index in [0.717, 1.165) is 58.5 Å². The van der Waals surface area contributed by atoms with Crippen molar-refractivity contribution in [2.75, 3.05) is 53.6 Å². The molecule has 0 atom stereocenters. The Labute approximate surface area is 184 Å². The number of nitrogens with one attached hydrogen (secondary N) is 1. The number of carbonyl (C=O) groups is 2. The molecule has 2 aliphatic heterocycles. The number of hydrogen-bond acceptors (Lipinski definition) is 6. The van der Waals surface area contributed by atoms with Crippen LogP contribution in [0, 0.1) is 0 Å². The molecule has 1 N–H and O–H groups in total. The van der Waals surface area contributed by atoms with Crippen LogP contribution in [0.4, 0.5) is 0 Å². The molecule has 2 aliphatic rings. The Morgan fingerprint density at radius 2 is 1.61 bits per heavy atom. The van der Waals surface area contributed by atoms with Gasteiger partial charge in [-0.3, -0.25) is 14.5 Å². The van der Waals surface area contributed by atoms with E-state index in [4.69, 9.17) is 14.2 Å². The molecule has 0 radical (unpaired) electrons. The zero-order valence-electron chi connectivity index (χ0n) is 18.9. The molecule has 1 aromatic carbocycles. The van der Waals surface area contributed by atoms with Crippen LogP contribution in [0.15, 0.2) is 18.2 Å². The second-order valence-electron chi connectivity index (χ2n) is 8.18. The van der Waals surface area contributed by atoms with Crippen LogP contribution in [0.5, 0.6) is 11.5 Å². The quantitative estimate of drug-likeness (QED) is 0.675. The van der Waals surface area contributed by atoms with Gasteiger partial charge in [0.15, 0.2) is 0 Å². The summed E-state index contributed by atoms with van der Waals surface area (Å²) >= 11 is 0. The van der Waals surface area contributed by atoms with E-state index in [1.807, 2.05) is 4.90 Å². The topological polar surface area (TPSA) is 80.3 Å². The predicted octanol–water partition coefficient (Wildman–Crippen LogP) is 1.93. The first-order valence-corrected chi connectivity index (χ1v) is 11.1. The van der Waals surface area contributed by atoms with E-state index in [1.54, 1.807) is 39.3 Å². The summed E-state index contributed by atoms with van der Waals surface area (Å²) in [4.78, 5) is 28.9. The van der Waals surface area contributed by atoms with Crippen LogP contribution in [-0.2, 0) is 9.53 Å². The lowest BCUT2D eigenvalue weighted by molar-refractivity contribution is -0.130. The van der Waals surface area contributed by atoms with E-state index in [-0.39, 0.29) is 11.8 Å². The molecule has 0 aliphatic carbocycles. The molecule has 2 amide bonds. The van der Waals surface area contributed by atoms with E-state index in [9.17, 15) is 9.59 Å². The number of likely N-dealkylation sites (tertiary alicyclic amines) is 1. The fourth-order valence-corrected chi connectivity index (χ4v) is 4.53. The van der Waals surface area contributed by atoms with Crippen molar-refractivity contribution in [3.05, 3.63) is 23.8 Å². The molecule has 3 rings (SSSR count). The highest BCUT2D eigenvalue weighted by molar-refractivity contribution is 5.95. The summed E-state index contributed by atoms with van der Waals surface area (Å²) in [5.74, 6) is 1.18. The summed E-state index contributed by atoms with van der Waals surface area (Å²) in [5, 5.41) is 3.05. The number of amides is 2. The van der Waals surface area contributed by atoms with Crippen molar-refractivity contribution in [3.8, 4) is 11.5 Å². The molecule has 0 unspecified atom stereocenters. The number of hydrogen-bond donors (Lipinski definition) is 1. The van der Waals surface area contributed by atoms with Crippen molar-refractivity contribution in [2.24, 2.45) is 0 Å². The summed E-state index contributed by atoms with van der Waals surface area (Å²) in [6.45, 7) is 6.14. The second-order valence-corrected chi connectivity index (χ2v) is 8.18. The smallest absolute Gasteiger partial charge is 0.251 e. The lowest BCUT2D eigenvalue weighted by Gasteiger charge is -2.43. The van der Waals surface area contributed by atoms with Crippen LogP contribution >= 0.6 is 0 Å². The van der Waals surface area contributed by atoms with Crippen molar-refractivity contribution in [3.63, 3.8) is 0 Å². The highest BCUT2D eigenvalue weighted by Gasteiger charge is 2.31. The van der Waals surface area contributed by atoms with Gasteiger partial charge in [-0.05, 0) is 37.8 Å². The van der Waals surface area contributed by atoms with Gasteiger partial charge in [0.2, 0.25) is 5.91 Å². The first-order chi connectivity index (χ1) is 15.0. The van der Waals surface area contributed by atoms with Crippen LogP contribution in [0.3, 0.4) is 0 Å². The number of rotatable bonds is 8. The van der Waals surface area contributed by atoms with Gasteiger partial charge in [-0.2, -0.15) is 0 Å². The Kier molecular flexibility index (Phi) is 8.54. The number of methoxy groups -OCH3 is 2. The number of nitrogens with zero attached hydrogens (tertiary/aromatic N) is 2. The fraction of sp³-hybridized carbons (Fsp3) is 0.652. The molecule has 2 fully saturated rings. The molecule has 172 valence electrons. The Morgan fingerprint density at radius 1 is 1.03 bits per heavy atom. The summed E-state index contributed by atoms with van der Waals surface area (Å²) in [6, 6.07) is 6.05. The van der Waals surface area contributed by atoms with Gasteiger partial charge in [-0.15, -0.1) is 0 Å². The molecule has 0 spiro atoms. The van der Waals surface area contributed by atoms with Crippen molar-refractivity contribution in [1.29, 1.82) is 0 Å². The maximum atomic E-state index is 12.7. The molecule has 0 saturated carbocycles. The number of ether oxygens (including phenoxy) is 3.